The minimum absolute atomic E-state index is 0.603. The fraction of sp³-hybridized carbons (Fsp3) is 0.438. The second-order valence-electron chi connectivity index (χ2n) is 6.37. The van der Waals surface area contributed by atoms with Crippen LogP contribution in [0.25, 0.3) is 17.0 Å². The van der Waals surface area contributed by atoms with Gasteiger partial charge in [-0.15, -0.1) is 15.3 Å². The molecule has 0 aliphatic heterocycles. The molecule has 0 unspecified atom stereocenters. The minimum Gasteiger partial charge on any atom is -0.365 e. The van der Waals surface area contributed by atoms with E-state index >= 15 is 0 Å². The lowest BCUT2D eigenvalue weighted by molar-refractivity contribution is 0.564. The first kappa shape index (κ1) is 12.6. The second-order valence-corrected chi connectivity index (χ2v) is 7.15. The average Bonchev–Trinajstić information content (AvgIpc) is 3.46. The van der Waals surface area contributed by atoms with Crippen LogP contribution in [0.1, 0.15) is 25.7 Å². The van der Waals surface area contributed by atoms with Crippen molar-refractivity contribution in [3.63, 3.8) is 0 Å². The first-order chi connectivity index (χ1) is 10.9. The van der Waals surface area contributed by atoms with Crippen LogP contribution in [-0.4, -0.2) is 25.9 Å². The molecular weight excluding hydrogens is 294 g/mol. The Morgan fingerprint density at radius 2 is 1.91 bits per heavy atom. The van der Waals surface area contributed by atoms with E-state index in [9.17, 15) is 0 Å². The van der Waals surface area contributed by atoms with Gasteiger partial charge in [0, 0.05) is 17.0 Å². The van der Waals surface area contributed by atoms with Gasteiger partial charge in [-0.25, -0.2) is 0 Å². The van der Waals surface area contributed by atoms with Crippen molar-refractivity contribution in [2.45, 2.75) is 31.7 Å². The summed E-state index contributed by atoms with van der Waals surface area (Å²) in [5.41, 5.74) is 1.87. The number of nitrogens with zero attached hydrogens (tertiary/aromatic N) is 4. The summed E-state index contributed by atoms with van der Waals surface area (Å²) in [6.45, 7) is 0. The molecule has 0 spiro atoms. The molecule has 6 heteroatoms. The van der Waals surface area contributed by atoms with Crippen LogP contribution in [0.3, 0.4) is 0 Å². The molecule has 0 aromatic carbocycles. The standard InChI is InChI=1S/C16H17N5S/c1-2-10(1)15(11-3-4-11)17-13-5-6-14-18-19-16(21(14)20-13)12-7-8-22-9-12/h5-11,15H,1-4H2,(H,17,20). The highest BCUT2D eigenvalue weighted by Crippen LogP contribution is 2.45. The number of anilines is 1. The molecule has 2 aliphatic rings. The number of thiophene rings is 1. The smallest absolute Gasteiger partial charge is 0.186 e. The lowest BCUT2D eigenvalue weighted by Crippen LogP contribution is -2.25. The maximum absolute atomic E-state index is 4.74. The van der Waals surface area contributed by atoms with Crippen LogP contribution in [-0.2, 0) is 0 Å². The predicted molar refractivity (Wildman–Crippen MR) is 87.0 cm³/mol. The maximum Gasteiger partial charge on any atom is 0.186 e. The van der Waals surface area contributed by atoms with Crippen molar-refractivity contribution in [1.29, 1.82) is 0 Å². The van der Waals surface area contributed by atoms with E-state index in [0.29, 0.717) is 6.04 Å². The summed E-state index contributed by atoms with van der Waals surface area (Å²) in [5, 5.41) is 21.0. The molecule has 0 saturated heterocycles. The van der Waals surface area contributed by atoms with Crippen molar-refractivity contribution in [1.82, 2.24) is 19.8 Å². The van der Waals surface area contributed by atoms with E-state index in [1.807, 2.05) is 16.6 Å². The zero-order chi connectivity index (χ0) is 14.5. The molecule has 5 rings (SSSR count). The van der Waals surface area contributed by atoms with Gasteiger partial charge in [0.1, 0.15) is 5.82 Å². The molecule has 1 N–H and O–H groups in total. The third kappa shape index (κ3) is 2.18. The number of fused-ring (bicyclic) bond motifs is 1. The summed E-state index contributed by atoms with van der Waals surface area (Å²) in [6.07, 6.45) is 5.46. The van der Waals surface area contributed by atoms with E-state index in [0.717, 1.165) is 34.7 Å². The molecule has 2 aliphatic carbocycles. The van der Waals surface area contributed by atoms with Crippen molar-refractivity contribution in [2.75, 3.05) is 5.32 Å². The number of aromatic nitrogens is 4. The van der Waals surface area contributed by atoms with Gasteiger partial charge in [0.2, 0.25) is 0 Å². The van der Waals surface area contributed by atoms with E-state index in [4.69, 9.17) is 5.10 Å². The Labute approximate surface area is 132 Å². The Kier molecular flexibility index (Phi) is 2.73. The summed E-state index contributed by atoms with van der Waals surface area (Å²) in [6, 6.07) is 6.68. The molecule has 0 atom stereocenters. The zero-order valence-electron chi connectivity index (χ0n) is 12.1. The topological polar surface area (TPSA) is 55.1 Å². The maximum atomic E-state index is 4.74. The van der Waals surface area contributed by atoms with Gasteiger partial charge < -0.3 is 5.32 Å². The SMILES string of the molecule is c1cc(-c2nnc3ccc(NC(C4CC4)C4CC4)nn23)cs1. The molecule has 0 amide bonds. The summed E-state index contributed by atoms with van der Waals surface area (Å²) >= 11 is 1.66. The van der Waals surface area contributed by atoms with Gasteiger partial charge in [-0.2, -0.15) is 15.9 Å². The quantitative estimate of drug-likeness (QED) is 0.784. The van der Waals surface area contributed by atoms with Crippen molar-refractivity contribution in [3.05, 3.63) is 29.0 Å². The Balaban J connectivity index is 1.50. The number of hydrogen-bond donors (Lipinski definition) is 1. The lowest BCUT2D eigenvalue weighted by Gasteiger charge is -2.18. The van der Waals surface area contributed by atoms with E-state index in [1.165, 1.54) is 25.7 Å². The normalized spacial score (nSPS) is 18.2. The lowest BCUT2D eigenvalue weighted by atomic mass is 10.1. The highest BCUT2D eigenvalue weighted by atomic mass is 32.1. The summed E-state index contributed by atoms with van der Waals surface area (Å²) in [7, 11) is 0. The fourth-order valence-electron chi connectivity index (χ4n) is 3.14. The van der Waals surface area contributed by atoms with Gasteiger partial charge in [-0.3, -0.25) is 0 Å². The van der Waals surface area contributed by atoms with Crippen LogP contribution in [0.4, 0.5) is 5.82 Å². The van der Waals surface area contributed by atoms with Crippen LogP contribution < -0.4 is 5.32 Å². The Morgan fingerprint density at radius 1 is 1.09 bits per heavy atom. The largest absolute Gasteiger partial charge is 0.365 e. The molecule has 2 saturated carbocycles. The molecular formula is C16H17N5S. The van der Waals surface area contributed by atoms with Gasteiger partial charge in [-0.1, -0.05) is 0 Å². The summed E-state index contributed by atoms with van der Waals surface area (Å²) < 4.78 is 1.85. The summed E-state index contributed by atoms with van der Waals surface area (Å²) in [5.74, 6) is 3.45. The number of rotatable bonds is 5. The monoisotopic (exact) mass is 311 g/mol. The van der Waals surface area contributed by atoms with Crippen LogP contribution in [0, 0.1) is 11.8 Å². The van der Waals surface area contributed by atoms with Crippen LogP contribution in [0.2, 0.25) is 0 Å². The fourth-order valence-corrected chi connectivity index (χ4v) is 3.77. The van der Waals surface area contributed by atoms with Gasteiger partial charge in [-0.05, 0) is 61.1 Å². The number of nitrogens with one attached hydrogen (secondary N) is 1. The van der Waals surface area contributed by atoms with Crippen molar-refractivity contribution >= 4 is 22.8 Å². The van der Waals surface area contributed by atoms with E-state index in [2.05, 4.69) is 32.3 Å². The van der Waals surface area contributed by atoms with E-state index < -0.39 is 0 Å². The first-order valence-electron chi connectivity index (χ1n) is 7.90. The third-order valence-electron chi connectivity index (χ3n) is 4.62. The molecule has 112 valence electrons. The van der Waals surface area contributed by atoms with Gasteiger partial charge >= 0.3 is 0 Å². The summed E-state index contributed by atoms with van der Waals surface area (Å²) in [4.78, 5) is 0. The van der Waals surface area contributed by atoms with Crippen molar-refractivity contribution < 1.29 is 0 Å². The highest BCUT2D eigenvalue weighted by Gasteiger charge is 2.41. The molecule has 3 aromatic rings. The average molecular weight is 311 g/mol. The highest BCUT2D eigenvalue weighted by molar-refractivity contribution is 7.08. The second kappa shape index (κ2) is 4.78. The van der Waals surface area contributed by atoms with Gasteiger partial charge in [0.25, 0.3) is 0 Å². The molecule has 5 nitrogen and oxygen atoms in total. The minimum atomic E-state index is 0.603. The first-order valence-corrected chi connectivity index (χ1v) is 8.84. The molecule has 3 heterocycles. The molecule has 3 aromatic heterocycles. The Hall–Kier alpha value is -1.95. The molecule has 22 heavy (non-hydrogen) atoms. The molecule has 2 fully saturated rings. The zero-order valence-corrected chi connectivity index (χ0v) is 13.0. The Bertz CT molecular complexity index is 789. The van der Waals surface area contributed by atoms with E-state index in [1.54, 1.807) is 11.3 Å². The molecule has 0 bridgehead atoms. The van der Waals surface area contributed by atoms with Crippen LogP contribution in [0.5, 0.6) is 0 Å². The van der Waals surface area contributed by atoms with E-state index in [-0.39, 0.29) is 0 Å². The Morgan fingerprint density at radius 3 is 2.59 bits per heavy atom. The van der Waals surface area contributed by atoms with Gasteiger partial charge in [0.15, 0.2) is 11.5 Å². The molecule has 0 radical (unpaired) electrons. The van der Waals surface area contributed by atoms with Gasteiger partial charge in [0.05, 0.1) is 0 Å². The van der Waals surface area contributed by atoms with Crippen LogP contribution in [0.15, 0.2) is 29.0 Å². The van der Waals surface area contributed by atoms with Crippen molar-refractivity contribution in [3.8, 4) is 11.4 Å². The number of hydrogen-bond acceptors (Lipinski definition) is 5. The van der Waals surface area contributed by atoms with Crippen molar-refractivity contribution in [2.24, 2.45) is 11.8 Å². The predicted octanol–water partition coefficient (Wildman–Crippen LogP) is 3.45. The van der Waals surface area contributed by atoms with Crippen LogP contribution >= 0.6 is 11.3 Å². The third-order valence-corrected chi connectivity index (χ3v) is 5.30.